The fraction of sp³-hybridized carbons (Fsp3) is 0.273. The molecular formula is C33H34N2O5S2. The summed E-state index contributed by atoms with van der Waals surface area (Å²) in [5, 5.41) is 0.832. The molecule has 1 aliphatic heterocycles. The molecule has 1 saturated heterocycles. The van der Waals surface area contributed by atoms with Gasteiger partial charge in [0.2, 0.25) is 0 Å². The van der Waals surface area contributed by atoms with Crippen LogP contribution in [0.15, 0.2) is 83.9 Å². The van der Waals surface area contributed by atoms with Crippen molar-refractivity contribution in [3.63, 3.8) is 0 Å². The number of likely N-dealkylation sites (tertiary alicyclic amines) is 1. The minimum Gasteiger partial charge on any atom is -0.339 e. The molecular weight excluding hydrogens is 569 g/mol. The first-order valence-corrected chi connectivity index (χ1v) is 17.5. The fourth-order valence-electron chi connectivity index (χ4n) is 5.18. The van der Waals surface area contributed by atoms with Crippen LogP contribution in [-0.4, -0.2) is 58.2 Å². The monoisotopic (exact) mass is 602 g/mol. The smallest absolute Gasteiger partial charge is 0.254 e. The summed E-state index contributed by atoms with van der Waals surface area (Å²) >= 11 is 0. The number of hydrogen-bond donors (Lipinski definition) is 0. The highest BCUT2D eigenvalue weighted by atomic mass is 32.2. The Morgan fingerprint density at radius 1 is 0.881 bits per heavy atom. The first kappa shape index (κ1) is 29.7. The third-order valence-electron chi connectivity index (χ3n) is 8.05. The van der Waals surface area contributed by atoms with Crippen molar-refractivity contribution in [2.75, 3.05) is 25.6 Å². The van der Waals surface area contributed by atoms with E-state index in [1.807, 2.05) is 59.5 Å². The number of sulfone groups is 2. The molecule has 42 heavy (non-hydrogen) atoms. The van der Waals surface area contributed by atoms with Crippen LogP contribution in [0.1, 0.15) is 43.4 Å². The molecule has 0 atom stereocenters. The zero-order chi connectivity index (χ0) is 30.3. The lowest BCUT2D eigenvalue weighted by Crippen LogP contribution is -2.28. The second kappa shape index (κ2) is 11.1. The highest BCUT2D eigenvalue weighted by Crippen LogP contribution is 2.37. The van der Waals surface area contributed by atoms with Gasteiger partial charge in [0.1, 0.15) is 0 Å². The molecule has 0 bridgehead atoms. The molecule has 0 spiro atoms. The topological polar surface area (TPSA) is 101 Å². The Bertz CT molecular complexity index is 1920. The van der Waals surface area contributed by atoms with Gasteiger partial charge in [-0.3, -0.25) is 9.78 Å². The van der Waals surface area contributed by atoms with Crippen LogP contribution in [0, 0.1) is 0 Å². The molecule has 218 valence electrons. The van der Waals surface area contributed by atoms with Gasteiger partial charge in [-0.1, -0.05) is 36.4 Å². The number of carbonyl (C=O) groups excluding carboxylic acids is 1. The molecule has 0 radical (unpaired) electrons. The maximum Gasteiger partial charge on any atom is 0.254 e. The molecule has 4 aromatic rings. The van der Waals surface area contributed by atoms with Gasteiger partial charge < -0.3 is 4.90 Å². The van der Waals surface area contributed by atoms with Crippen LogP contribution in [0.25, 0.3) is 33.7 Å². The SMILES string of the molecule is CC(C)(c1cc(-c2cccc(/C=C(/C(=O)N3CCCC3)c3ccc(S(C)(=O)=O)cc3)c2)c2ncccc2c1)S(C)(=O)=O. The number of benzene rings is 3. The van der Waals surface area contributed by atoms with Crippen molar-refractivity contribution in [3.8, 4) is 11.1 Å². The lowest BCUT2D eigenvalue weighted by Gasteiger charge is -2.24. The maximum absolute atomic E-state index is 13.7. The second-order valence-electron chi connectivity index (χ2n) is 11.4. The zero-order valence-electron chi connectivity index (χ0n) is 24.2. The summed E-state index contributed by atoms with van der Waals surface area (Å²) in [5.74, 6) is -0.103. The molecule has 2 heterocycles. The molecule has 1 aromatic heterocycles. The van der Waals surface area contributed by atoms with Gasteiger partial charge in [-0.25, -0.2) is 16.8 Å². The van der Waals surface area contributed by atoms with Crippen molar-refractivity contribution in [1.29, 1.82) is 0 Å². The normalized spacial score (nSPS) is 14.9. The predicted molar refractivity (Wildman–Crippen MR) is 168 cm³/mol. The molecule has 0 aliphatic carbocycles. The summed E-state index contributed by atoms with van der Waals surface area (Å²) in [6.45, 7) is 4.76. The third-order valence-corrected chi connectivity index (χ3v) is 11.3. The Morgan fingerprint density at radius 3 is 2.21 bits per heavy atom. The average Bonchev–Trinajstić information content (AvgIpc) is 3.49. The Balaban J connectivity index is 1.65. The van der Waals surface area contributed by atoms with Gasteiger partial charge in [-0.2, -0.15) is 0 Å². The summed E-state index contributed by atoms with van der Waals surface area (Å²) in [7, 11) is -6.79. The van der Waals surface area contributed by atoms with E-state index in [2.05, 4.69) is 4.98 Å². The molecule has 3 aromatic carbocycles. The van der Waals surface area contributed by atoms with Gasteiger partial charge in [0.25, 0.3) is 5.91 Å². The predicted octanol–water partition coefficient (Wildman–Crippen LogP) is 5.75. The average molecular weight is 603 g/mol. The molecule has 1 aliphatic rings. The molecule has 7 nitrogen and oxygen atoms in total. The van der Waals surface area contributed by atoms with E-state index in [0.717, 1.165) is 46.7 Å². The Morgan fingerprint density at radius 2 is 1.57 bits per heavy atom. The van der Waals surface area contributed by atoms with Crippen LogP contribution in [-0.2, 0) is 29.2 Å². The number of hydrogen-bond acceptors (Lipinski definition) is 6. The van der Waals surface area contributed by atoms with Crippen molar-refractivity contribution in [3.05, 3.63) is 95.7 Å². The van der Waals surface area contributed by atoms with E-state index < -0.39 is 24.4 Å². The van der Waals surface area contributed by atoms with Crippen LogP contribution in [0.2, 0.25) is 0 Å². The second-order valence-corrected chi connectivity index (χ2v) is 15.9. The van der Waals surface area contributed by atoms with Gasteiger partial charge >= 0.3 is 0 Å². The van der Waals surface area contributed by atoms with Crippen molar-refractivity contribution < 1.29 is 21.6 Å². The van der Waals surface area contributed by atoms with Gasteiger partial charge in [-0.15, -0.1) is 0 Å². The van der Waals surface area contributed by atoms with Crippen molar-refractivity contribution >= 4 is 48.1 Å². The summed E-state index contributed by atoms with van der Waals surface area (Å²) in [6, 6.07) is 21.6. The Labute approximate surface area is 247 Å². The van der Waals surface area contributed by atoms with Gasteiger partial charge in [0, 0.05) is 48.3 Å². The van der Waals surface area contributed by atoms with E-state index in [-0.39, 0.29) is 10.8 Å². The minimum absolute atomic E-state index is 0.103. The molecule has 0 saturated carbocycles. The van der Waals surface area contributed by atoms with Gasteiger partial charge in [-0.05, 0) is 91.4 Å². The highest BCUT2D eigenvalue weighted by Gasteiger charge is 2.33. The number of rotatable bonds is 7. The summed E-state index contributed by atoms with van der Waals surface area (Å²) in [5.41, 5.74) is 4.92. The number of amides is 1. The van der Waals surface area contributed by atoms with Crippen molar-refractivity contribution in [1.82, 2.24) is 9.88 Å². The summed E-state index contributed by atoms with van der Waals surface area (Å²) in [6.07, 6.45) is 7.84. The van der Waals surface area contributed by atoms with E-state index in [9.17, 15) is 21.6 Å². The molecule has 0 N–H and O–H groups in total. The van der Waals surface area contributed by atoms with Crippen LogP contribution in [0.5, 0.6) is 0 Å². The highest BCUT2D eigenvalue weighted by molar-refractivity contribution is 7.91. The first-order chi connectivity index (χ1) is 19.8. The summed E-state index contributed by atoms with van der Waals surface area (Å²) in [4.78, 5) is 20.3. The largest absolute Gasteiger partial charge is 0.339 e. The zero-order valence-corrected chi connectivity index (χ0v) is 25.8. The quantitative estimate of drug-likeness (QED) is 0.197. The number of pyridine rings is 1. The van der Waals surface area contributed by atoms with E-state index in [1.165, 1.54) is 18.4 Å². The molecule has 9 heteroatoms. The number of carbonyl (C=O) groups is 1. The van der Waals surface area contributed by atoms with Gasteiger partial charge in [0.15, 0.2) is 19.7 Å². The van der Waals surface area contributed by atoms with E-state index in [4.69, 9.17) is 0 Å². The van der Waals surface area contributed by atoms with E-state index >= 15 is 0 Å². The van der Waals surface area contributed by atoms with Gasteiger partial charge in [0.05, 0.1) is 15.2 Å². The number of aromatic nitrogens is 1. The molecule has 1 fully saturated rings. The molecule has 1 amide bonds. The van der Waals surface area contributed by atoms with Crippen LogP contribution in [0.3, 0.4) is 0 Å². The Hall–Kier alpha value is -3.82. The van der Waals surface area contributed by atoms with Crippen LogP contribution < -0.4 is 0 Å². The maximum atomic E-state index is 13.7. The molecule has 0 unspecified atom stereocenters. The first-order valence-electron chi connectivity index (χ1n) is 13.8. The van der Waals surface area contributed by atoms with Crippen molar-refractivity contribution in [2.24, 2.45) is 0 Å². The fourth-order valence-corrected chi connectivity index (χ4v) is 6.35. The van der Waals surface area contributed by atoms with E-state index in [0.29, 0.717) is 29.8 Å². The third kappa shape index (κ3) is 5.89. The lowest BCUT2D eigenvalue weighted by molar-refractivity contribution is -0.123. The minimum atomic E-state index is -3.42. The van der Waals surface area contributed by atoms with Crippen LogP contribution in [0.4, 0.5) is 0 Å². The lowest BCUT2D eigenvalue weighted by atomic mass is 9.92. The van der Waals surface area contributed by atoms with Crippen LogP contribution >= 0.6 is 0 Å². The Kier molecular flexibility index (Phi) is 7.85. The number of fused-ring (bicyclic) bond motifs is 1. The van der Waals surface area contributed by atoms with E-state index in [1.54, 1.807) is 32.2 Å². The summed E-state index contributed by atoms with van der Waals surface area (Å²) < 4.78 is 48.3. The standard InChI is InChI=1S/C33H34N2O5S2/c1-33(2,42(4,39)40)27-21-26-11-8-16-34-31(26)29(22-27)25-10-7-9-23(19-25)20-30(32(36)35-17-5-6-18-35)24-12-14-28(15-13-24)41(3,37)38/h7-16,19-22H,5-6,17-18H2,1-4H3/b30-20+. The number of nitrogens with zero attached hydrogens (tertiary/aromatic N) is 2. The van der Waals surface area contributed by atoms with Crippen molar-refractivity contribution in [2.45, 2.75) is 36.3 Å². The molecule has 5 rings (SSSR count).